The monoisotopic (exact) mass is 273 g/mol. The lowest BCUT2D eigenvalue weighted by atomic mass is 10.3. The zero-order valence-corrected chi connectivity index (χ0v) is 9.77. The second-order valence-electron chi connectivity index (χ2n) is 3.79. The van der Waals surface area contributed by atoms with Gasteiger partial charge in [0, 0.05) is 12.3 Å². The number of rotatable bonds is 2. The van der Waals surface area contributed by atoms with Crippen molar-refractivity contribution in [3.05, 3.63) is 24.5 Å². The van der Waals surface area contributed by atoms with Crippen LogP contribution in [-0.2, 0) is 0 Å². The van der Waals surface area contributed by atoms with Gasteiger partial charge in [-0.05, 0) is 13.0 Å². The van der Waals surface area contributed by atoms with Crippen LogP contribution in [0.25, 0.3) is 5.65 Å². The topological polar surface area (TPSA) is 71.3 Å². The molecule has 2 aromatic heterocycles. The number of alkyl halides is 3. The van der Waals surface area contributed by atoms with Gasteiger partial charge in [-0.25, -0.2) is 9.78 Å². The van der Waals surface area contributed by atoms with Gasteiger partial charge in [-0.1, -0.05) is 0 Å². The second kappa shape index (κ2) is 4.75. The van der Waals surface area contributed by atoms with Crippen LogP contribution in [-0.4, -0.2) is 32.8 Å². The van der Waals surface area contributed by atoms with Crippen molar-refractivity contribution >= 4 is 17.5 Å². The van der Waals surface area contributed by atoms with Gasteiger partial charge in [-0.15, -0.1) is 0 Å². The number of anilines is 1. The van der Waals surface area contributed by atoms with Crippen molar-refractivity contribution in [1.82, 2.24) is 19.9 Å². The number of carbonyl (C=O) groups is 1. The lowest BCUT2D eigenvalue weighted by Crippen LogP contribution is -2.45. The minimum Gasteiger partial charge on any atom is -0.326 e. The van der Waals surface area contributed by atoms with Crippen LogP contribution < -0.4 is 10.6 Å². The van der Waals surface area contributed by atoms with Crippen molar-refractivity contribution in [3.63, 3.8) is 0 Å². The molecule has 0 saturated heterocycles. The van der Waals surface area contributed by atoms with E-state index >= 15 is 0 Å². The Morgan fingerprint density at radius 2 is 2.11 bits per heavy atom. The number of hydrogen-bond donors (Lipinski definition) is 2. The Kier molecular flexibility index (Phi) is 3.28. The Labute approximate surface area is 105 Å². The summed E-state index contributed by atoms with van der Waals surface area (Å²) in [6, 6.07) is 0.120. The summed E-state index contributed by atoms with van der Waals surface area (Å²) in [6.45, 7) is 0.857. The summed E-state index contributed by atoms with van der Waals surface area (Å²) in [6.07, 6.45) is -1.61. The van der Waals surface area contributed by atoms with E-state index in [9.17, 15) is 18.0 Å². The fraction of sp³-hybridized carbons (Fsp3) is 0.300. The van der Waals surface area contributed by atoms with E-state index in [0.29, 0.717) is 5.65 Å². The van der Waals surface area contributed by atoms with E-state index in [2.05, 4.69) is 15.4 Å². The highest BCUT2D eigenvalue weighted by atomic mass is 19.4. The van der Waals surface area contributed by atoms with Crippen LogP contribution >= 0.6 is 0 Å². The summed E-state index contributed by atoms with van der Waals surface area (Å²) >= 11 is 0. The fourth-order valence-corrected chi connectivity index (χ4v) is 1.36. The fourth-order valence-electron chi connectivity index (χ4n) is 1.36. The third-order valence-corrected chi connectivity index (χ3v) is 2.37. The quantitative estimate of drug-likeness (QED) is 0.876. The van der Waals surface area contributed by atoms with Crippen LogP contribution in [0.3, 0.4) is 0 Å². The average Bonchev–Trinajstić information content (AvgIpc) is 2.76. The third kappa shape index (κ3) is 2.92. The van der Waals surface area contributed by atoms with E-state index in [1.54, 1.807) is 11.4 Å². The zero-order valence-electron chi connectivity index (χ0n) is 9.77. The number of fused-ring (bicyclic) bond motifs is 1. The van der Waals surface area contributed by atoms with Gasteiger partial charge >= 0.3 is 12.2 Å². The molecule has 102 valence electrons. The SMILES string of the molecule is C[C@H](NC(=O)Nc1ccnc2ccnn12)C(F)(F)F. The maximum absolute atomic E-state index is 12.3. The van der Waals surface area contributed by atoms with Crippen molar-refractivity contribution in [2.24, 2.45) is 0 Å². The first kappa shape index (κ1) is 13.1. The molecule has 0 aliphatic carbocycles. The largest absolute Gasteiger partial charge is 0.408 e. The van der Waals surface area contributed by atoms with Crippen LogP contribution in [0.2, 0.25) is 0 Å². The first-order valence-electron chi connectivity index (χ1n) is 5.31. The standard InChI is InChI=1S/C10H10F3N5O/c1-6(10(11,12)13)16-9(19)17-8-2-4-14-7-3-5-15-18(7)8/h2-6H,1H3,(H2,16,17,19)/t6-/m0/s1. The van der Waals surface area contributed by atoms with Gasteiger partial charge in [0.1, 0.15) is 11.9 Å². The highest BCUT2D eigenvalue weighted by Crippen LogP contribution is 2.19. The second-order valence-corrected chi connectivity index (χ2v) is 3.79. The van der Waals surface area contributed by atoms with Gasteiger partial charge in [0.25, 0.3) is 0 Å². The molecular formula is C10H10F3N5O. The molecule has 2 heterocycles. The molecule has 2 amide bonds. The molecule has 2 N–H and O–H groups in total. The first-order chi connectivity index (χ1) is 8.88. The van der Waals surface area contributed by atoms with E-state index in [1.807, 2.05) is 0 Å². The molecule has 0 aliphatic heterocycles. The molecule has 0 spiro atoms. The molecule has 6 nitrogen and oxygen atoms in total. The Morgan fingerprint density at radius 3 is 2.79 bits per heavy atom. The molecule has 19 heavy (non-hydrogen) atoms. The maximum atomic E-state index is 12.3. The molecule has 0 radical (unpaired) electrons. The van der Waals surface area contributed by atoms with Crippen molar-refractivity contribution in [1.29, 1.82) is 0 Å². The highest BCUT2D eigenvalue weighted by molar-refractivity contribution is 5.88. The van der Waals surface area contributed by atoms with Gasteiger partial charge in [-0.3, -0.25) is 5.32 Å². The van der Waals surface area contributed by atoms with Crippen molar-refractivity contribution in [2.45, 2.75) is 19.1 Å². The summed E-state index contributed by atoms with van der Waals surface area (Å²) in [5.74, 6) is 0.224. The van der Waals surface area contributed by atoms with E-state index in [1.165, 1.54) is 23.0 Å². The smallest absolute Gasteiger partial charge is 0.326 e. The summed E-state index contributed by atoms with van der Waals surface area (Å²) in [7, 11) is 0. The molecule has 0 aromatic carbocycles. The third-order valence-electron chi connectivity index (χ3n) is 2.37. The normalized spacial score (nSPS) is 13.3. The predicted molar refractivity (Wildman–Crippen MR) is 60.7 cm³/mol. The molecule has 0 saturated carbocycles. The van der Waals surface area contributed by atoms with Crippen LogP contribution in [0.4, 0.5) is 23.8 Å². The molecule has 0 bridgehead atoms. The molecular weight excluding hydrogens is 263 g/mol. The van der Waals surface area contributed by atoms with E-state index in [4.69, 9.17) is 0 Å². The first-order valence-corrected chi connectivity index (χ1v) is 5.31. The van der Waals surface area contributed by atoms with Crippen molar-refractivity contribution < 1.29 is 18.0 Å². The Morgan fingerprint density at radius 1 is 1.37 bits per heavy atom. The van der Waals surface area contributed by atoms with E-state index < -0.39 is 18.2 Å². The van der Waals surface area contributed by atoms with E-state index in [-0.39, 0.29) is 5.82 Å². The minimum atomic E-state index is -4.49. The number of amides is 2. The molecule has 2 rings (SSSR count). The van der Waals surface area contributed by atoms with Gasteiger partial charge in [0.15, 0.2) is 5.65 Å². The highest BCUT2D eigenvalue weighted by Gasteiger charge is 2.37. The molecule has 0 aliphatic rings. The van der Waals surface area contributed by atoms with Gasteiger partial charge in [-0.2, -0.15) is 22.8 Å². The summed E-state index contributed by atoms with van der Waals surface area (Å²) in [4.78, 5) is 15.4. The van der Waals surface area contributed by atoms with Crippen LogP contribution in [0.15, 0.2) is 24.5 Å². The lowest BCUT2D eigenvalue weighted by Gasteiger charge is -2.17. The zero-order chi connectivity index (χ0) is 14.0. The van der Waals surface area contributed by atoms with Gasteiger partial charge in [0.2, 0.25) is 0 Å². The van der Waals surface area contributed by atoms with Crippen LogP contribution in [0, 0.1) is 0 Å². The number of carbonyl (C=O) groups excluding carboxylic acids is 1. The van der Waals surface area contributed by atoms with Crippen LogP contribution in [0.1, 0.15) is 6.92 Å². The van der Waals surface area contributed by atoms with E-state index in [0.717, 1.165) is 6.92 Å². The molecule has 1 atom stereocenters. The predicted octanol–water partition coefficient (Wildman–Crippen LogP) is 1.80. The van der Waals surface area contributed by atoms with Gasteiger partial charge in [0.05, 0.1) is 6.20 Å². The lowest BCUT2D eigenvalue weighted by molar-refractivity contribution is -0.148. The number of halogens is 3. The minimum absolute atomic E-state index is 0.224. The summed E-state index contributed by atoms with van der Waals surface area (Å²) < 4.78 is 38.1. The number of aromatic nitrogens is 3. The molecule has 0 fully saturated rings. The van der Waals surface area contributed by atoms with Crippen LogP contribution in [0.5, 0.6) is 0 Å². The number of hydrogen-bond acceptors (Lipinski definition) is 3. The molecule has 2 aromatic rings. The summed E-state index contributed by atoms with van der Waals surface area (Å²) in [5.41, 5.74) is 0.474. The summed E-state index contributed by atoms with van der Waals surface area (Å²) in [5, 5.41) is 7.96. The van der Waals surface area contributed by atoms with Gasteiger partial charge < -0.3 is 5.32 Å². The Balaban J connectivity index is 2.09. The van der Waals surface area contributed by atoms with Crippen molar-refractivity contribution in [3.8, 4) is 0 Å². The maximum Gasteiger partial charge on any atom is 0.408 e. The number of nitrogens with zero attached hydrogens (tertiary/aromatic N) is 3. The Hall–Kier alpha value is -2.32. The van der Waals surface area contributed by atoms with Crippen molar-refractivity contribution in [2.75, 3.05) is 5.32 Å². The number of urea groups is 1. The number of nitrogens with one attached hydrogen (secondary N) is 2. The molecule has 0 unspecified atom stereocenters. The molecule has 9 heteroatoms. The Bertz CT molecular complexity index is 594. The average molecular weight is 273 g/mol.